The van der Waals surface area contributed by atoms with Crippen molar-refractivity contribution in [1.29, 1.82) is 0 Å². The number of hydrogen-bond donors (Lipinski definition) is 0. The minimum Gasteiger partial charge on any atom is -0.279 e. The van der Waals surface area contributed by atoms with Crippen LogP contribution in [0.4, 0.5) is 11.4 Å². The Morgan fingerprint density at radius 3 is 2.52 bits per heavy atom. The van der Waals surface area contributed by atoms with Gasteiger partial charge in [-0.15, -0.1) is 0 Å². The van der Waals surface area contributed by atoms with Gasteiger partial charge in [-0.05, 0) is 29.0 Å². The minimum absolute atomic E-state index is 0.0410. The van der Waals surface area contributed by atoms with Gasteiger partial charge in [0.15, 0.2) is 0 Å². The molecule has 0 aromatic heterocycles. The number of fused-ring (bicyclic) bond motifs is 4. The summed E-state index contributed by atoms with van der Waals surface area (Å²) in [5.41, 5.74) is 1.95. The van der Waals surface area contributed by atoms with Crippen LogP contribution in [-0.2, 0) is 4.79 Å². The summed E-state index contributed by atoms with van der Waals surface area (Å²) in [5.74, 6) is 0.0410. The fourth-order valence-electron chi connectivity index (χ4n) is 2.82. The highest BCUT2D eigenvalue weighted by molar-refractivity contribution is 8.00. The lowest BCUT2D eigenvalue weighted by Crippen LogP contribution is -2.25. The Morgan fingerprint density at radius 2 is 1.67 bits per heavy atom. The van der Waals surface area contributed by atoms with Crippen molar-refractivity contribution in [2.75, 3.05) is 4.90 Å². The summed E-state index contributed by atoms with van der Waals surface area (Å²) in [6, 6.07) is 20.5. The van der Waals surface area contributed by atoms with Crippen molar-refractivity contribution in [2.45, 2.75) is 16.7 Å². The molecule has 102 valence electrons. The average molecular weight is 291 g/mol. The molecule has 2 nitrogen and oxygen atoms in total. The molecule has 1 aliphatic heterocycles. The maximum Gasteiger partial charge on any atom is 0.228 e. The molecule has 1 aliphatic rings. The van der Waals surface area contributed by atoms with E-state index in [1.165, 1.54) is 10.8 Å². The van der Waals surface area contributed by atoms with Gasteiger partial charge in [0.25, 0.3) is 0 Å². The smallest absolute Gasteiger partial charge is 0.228 e. The van der Waals surface area contributed by atoms with E-state index in [-0.39, 0.29) is 5.91 Å². The van der Waals surface area contributed by atoms with Gasteiger partial charge in [0.1, 0.15) is 0 Å². The van der Waals surface area contributed by atoms with Gasteiger partial charge in [-0.2, -0.15) is 0 Å². The normalized spacial score (nSPS) is 12.9. The minimum atomic E-state index is 0.0410. The third-order valence-electron chi connectivity index (χ3n) is 3.73. The molecule has 1 heterocycles. The van der Waals surface area contributed by atoms with Gasteiger partial charge in [0.2, 0.25) is 5.91 Å². The topological polar surface area (TPSA) is 20.3 Å². The van der Waals surface area contributed by atoms with Crippen LogP contribution in [0.15, 0.2) is 70.5 Å². The summed E-state index contributed by atoms with van der Waals surface area (Å²) in [5, 5.41) is 2.40. The first-order valence-electron chi connectivity index (χ1n) is 6.85. The number of amides is 1. The van der Waals surface area contributed by atoms with Crippen LogP contribution in [0.25, 0.3) is 10.8 Å². The van der Waals surface area contributed by atoms with Gasteiger partial charge in [-0.1, -0.05) is 54.2 Å². The first-order valence-corrected chi connectivity index (χ1v) is 7.67. The van der Waals surface area contributed by atoms with Crippen molar-refractivity contribution >= 4 is 39.8 Å². The third-order valence-corrected chi connectivity index (χ3v) is 4.93. The monoisotopic (exact) mass is 291 g/mol. The van der Waals surface area contributed by atoms with Crippen LogP contribution in [-0.4, -0.2) is 5.91 Å². The van der Waals surface area contributed by atoms with Crippen LogP contribution in [0.5, 0.6) is 0 Å². The summed E-state index contributed by atoms with van der Waals surface area (Å²) >= 11 is 1.74. The molecule has 0 atom stereocenters. The maximum absolute atomic E-state index is 12.2. The van der Waals surface area contributed by atoms with Crippen LogP contribution in [0.2, 0.25) is 0 Å². The van der Waals surface area contributed by atoms with Crippen molar-refractivity contribution in [3.63, 3.8) is 0 Å². The first kappa shape index (κ1) is 12.5. The second-order valence-corrected chi connectivity index (χ2v) is 6.11. The lowest BCUT2D eigenvalue weighted by atomic mass is 10.1. The Morgan fingerprint density at radius 1 is 0.905 bits per heavy atom. The Kier molecular flexibility index (Phi) is 2.76. The van der Waals surface area contributed by atoms with Gasteiger partial charge in [0, 0.05) is 16.7 Å². The van der Waals surface area contributed by atoms with Crippen LogP contribution < -0.4 is 4.90 Å². The molecule has 3 heteroatoms. The Hall–Kier alpha value is -2.26. The summed E-state index contributed by atoms with van der Waals surface area (Å²) < 4.78 is 0. The SMILES string of the molecule is CC(=O)N1c2ccccc2Sc2c1ccc1ccccc21. The summed E-state index contributed by atoms with van der Waals surface area (Å²) in [4.78, 5) is 16.3. The van der Waals surface area contributed by atoms with E-state index in [0.717, 1.165) is 21.2 Å². The molecule has 4 rings (SSSR count). The Labute approximate surface area is 127 Å². The molecule has 0 saturated carbocycles. The van der Waals surface area contributed by atoms with E-state index in [0.29, 0.717) is 0 Å². The molecule has 1 amide bonds. The summed E-state index contributed by atoms with van der Waals surface area (Å²) in [6.45, 7) is 1.62. The number of para-hydroxylation sites is 1. The van der Waals surface area contributed by atoms with Gasteiger partial charge in [0.05, 0.1) is 11.4 Å². The molecule has 21 heavy (non-hydrogen) atoms. The summed E-state index contributed by atoms with van der Waals surface area (Å²) in [6.07, 6.45) is 0. The lowest BCUT2D eigenvalue weighted by molar-refractivity contribution is -0.115. The number of hydrogen-bond acceptors (Lipinski definition) is 2. The Balaban J connectivity index is 2.05. The van der Waals surface area contributed by atoms with Crippen LogP contribution in [0.3, 0.4) is 0 Å². The lowest BCUT2D eigenvalue weighted by Gasteiger charge is -2.31. The maximum atomic E-state index is 12.2. The van der Waals surface area contributed by atoms with Gasteiger partial charge in [-0.25, -0.2) is 0 Å². The van der Waals surface area contributed by atoms with Gasteiger partial charge in [-0.3, -0.25) is 9.69 Å². The van der Waals surface area contributed by atoms with E-state index in [1.54, 1.807) is 18.7 Å². The van der Waals surface area contributed by atoms with Crippen molar-refractivity contribution < 1.29 is 4.79 Å². The van der Waals surface area contributed by atoms with E-state index in [1.807, 2.05) is 41.3 Å². The predicted octanol–water partition coefficient (Wildman–Crippen LogP) is 4.99. The number of benzene rings is 3. The number of carbonyl (C=O) groups excluding carboxylic acids is 1. The number of carbonyl (C=O) groups is 1. The highest BCUT2D eigenvalue weighted by Gasteiger charge is 2.27. The van der Waals surface area contributed by atoms with Crippen LogP contribution in [0.1, 0.15) is 6.92 Å². The van der Waals surface area contributed by atoms with E-state index in [2.05, 4.69) is 24.3 Å². The van der Waals surface area contributed by atoms with Crippen molar-refractivity contribution in [2.24, 2.45) is 0 Å². The average Bonchev–Trinajstić information content (AvgIpc) is 2.52. The van der Waals surface area contributed by atoms with Crippen LogP contribution in [0, 0.1) is 0 Å². The van der Waals surface area contributed by atoms with Crippen molar-refractivity contribution in [3.8, 4) is 0 Å². The molecule has 0 aliphatic carbocycles. The number of anilines is 2. The van der Waals surface area contributed by atoms with E-state index >= 15 is 0 Å². The molecule has 0 unspecified atom stereocenters. The largest absolute Gasteiger partial charge is 0.279 e. The summed E-state index contributed by atoms with van der Waals surface area (Å²) in [7, 11) is 0. The van der Waals surface area contributed by atoms with E-state index in [4.69, 9.17) is 0 Å². The van der Waals surface area contributed by atoms with E-state index < -0.39 is 0 Å². The molecule has 0 spiro atoms. The number of nitrogens with zero attached hydrogens (tertiary/aromatic N) is 1. The van der Waals surface area contributed by atoms with Crippen molar-refractivity contribution in [3.05, 3.63) is 60.7 Å². The molecular weight excluding hydrogens is 278 g/mol. The fourth-order valence-corrected chi connectivity index (χ4v) is 4.01. The predicted molar refractivity (Wildman–Crippen MR) is 87.3 cm³/mol. The third kappa shape index (κ3) is 1.85. The quantitative estimate of drug-likeness (QED) is 0.581. The first-order chi connectivity index (χ1) is 10.3. The molecule has 0 N–H and O–H groups in total. The molecule has 3 aromatic rings. The zero-order valence-electron chi connectivity index (χ0n) is 11.5. The zero-order valence-corrected chi connectivity index (χ0v) is 12.4. The zero-order chi connectivity index (χ0) is 14.4. The second-order valence-electron chi connectivity index (χ2n) is 5.06. The molecular formula is C18H13NOS. The van der Waals surface area contributed by atoms with E-state index in [9.17, 15) is 4.79 Å². The molecule has 0 saturated heterocycles. The molecule has 0 radical (unpaired) electrons. The molecule has 0 fully saturated rings. The number of rotatable bonds is 0. The fraction of sp³-hybridized carbons (Fsp3) is 0.0556. The van der Waals surface area contributed by atoms with Crippen LogP contribution >= 0.6 is 11.8 Å². The highest BCUT2D eigenvalue weighted by Crippen LogP contribution is 2.50. The second kappa shape index (κ2) is 4.64. The molecule has 3 aromatic carbocycles. The molecule has 0 bridgehead atoms. The highest BCUT2D eigenvalue weighted by atomic mass is 32.2. The van der Waals surface area contributed by atoms with Crippen molar-refractivity contribution in [1.82, 2.24) is 0 Å². The standard InChI is InChI=1S/C18H13NOS/c1-12(20)19-15-8-4-5-9-17(15)21-18-14-7-3-2-6-13(14)10-11-16(18)19/h2-11H,1H3. The van der Waals surface area contributed by atoms with Gasteiger partial charge < -0.3 is 0 Å². The Bertz CT molecular complexity index is 872. The van der Waals surface area contributed by atoms with Gasteiger partial charge >= 0.3 is 0 Å².